The first-order valence-corrected chi connectivity index (χ1v) is 5.88. The first kappa shape index (κ1) is 12.9. The molecule has 0 saturated heterocycles. The van der Waals surface area contributed by atoms with Crippen LogP contribution in [0.3, 0.4) is 0 Å². The first-order chi connectivity index (χ1) is 8.63. The van der Waals surface area contributed by atoms with Crippen LogP contribution in [-0.2, 0) is 16.0 Å². The van der Waals surface area contributed by atoms with Crippen molar-refractivity contribution in [1.82, 2.24) is 4.90 Å². The number of methoxy groups -OCH3 is 2. The minimum atomic E-state index is -0.301. The molecule has 0 saturated carbocycles. The molecule has 1 heterocycles. The third-order valence-corrected chi connectivity index (χ3v) is 3.05. The average molecular weight is 249 g/mol. The number of hydrogen-bond acceptors (Lipinski definition) is 5. The van der Waals surface area contributed by atoms with Crippen molar-refractivity contribution in [3.05, 3.63) is 29.3 Å². The number of nitrogens with zero attached hydrogens (tertiary/aromatic N) is 2. The maximum Gasteiger partial charge on any atom is 0.196 e. The van der Waals surface area contributed by atoms with Crippen LogP contribution in [0.4, 0.5) is 5.69 Å². The van der Waals surface area contributed by atoms with E-state index in [-0.39, 0.29) is 6.29 Å². The Labute approximate surface area is 107 Å². The summed E-state index contributed by atoms with van der Waals surface area (Å²) in [7, 11) is 3.23. The smallest absolute Gasteiger partial charge is 0.196 e. The summed E-state index contributed by atoms with van der Waals surface area (Å²) in [5.41, 5.74) is 9.30. The molecule has 5 nitrogen and oxygen atoms in total. The Morgan fingerprint density at radius 1 is 1.39 bits per heavy atom. The lowest BCUT2D eigenvalue weighted by atomic mass is 10.1. The molecule has 0 bridgehead atoms. The van der Waals surface area contributed by atoms with Gasteiger partial charge in [-0.25, -0.2) is 4.99 Å². The fourth-order valence-electron chi connectivity index (χ4n) is 2.01. The maximum absolute atomic E-state index is 5.95. The number of aryl methyl sites for hydroxylation is 1. The molecule has 0 unspecified atom stereocenters. The molecule has 5 heteroatoms. The largest absolute Gasteiger partial charge is 0.369 e. The van der Waals surface area contributed by atoms with Crippen LogP contribution in [0.25, 0.3) is 0 Å². The van der Waals surface area contributed by atoms with Gasteiger partial charge in [-0.05, 0) is 18.6 Å². The molecular formula is C13H19N3O2. The quantitative estimate of drug-likeness (QED) is 0.819. The molecule has 0 radical (unpaired) electrons. The minimum absolute atomic E-state index is 0.301. The Kier molecular flexibility index (Phi) is 3.84. The normalized spacial score (nSPS) is 14.7. The van der Waals surface area contributed by atoms with E-state index < -0.39 is 0 Å². The molecule has 0 aromatic heterocycles. The van der Waals surface area contributed by atoms with E-state index in [4.69, 9.17) is 15.2 Å². The summed E-state index contributed by atoms with van der Waals surface area (Å²) >= 11 is 0. The van der Waals surface area contributed by atoms with Gasteiger partial charge in [0.1, 0.15) is 0 Å². The summed E-state index contributed by atoms with van der Waals surface area (Å²) in [4.78, 5) is 6.36. The number of rotatable bonds is 4. The van der Waals surface area contributed by atoms with E-state index in [9.17, 15) is 0 Å². The van der Waals surface area contributed by atoms with Crippen LogP contribution in [0, 0.1) is 6.92 Å². The summed E-state index contributed by atoms with van der Waals surface area (Å²) in [6.07, 6.45) is -0.301. The summed E-state index contributed by atoms with van der Waals surface area (Å²) in [5, 5.41) is 0. The summed E-state index contributed by atoms with van der Waals surface area (Å²) in [6.45, 7) is 3.37. The molecule has 2 rings (SSSR count). The van der Waals surface area contributed by atoms with Crippen LogP contribution in [0.15, 0.2) is 23.2 Å². The van der Waals surface area contributed by atoms with E-state index in [0.717, 1.165) is 12.2 Å². The fraction of sp³-hybridized carbons (Fsp3) is 0.462. The van der Waals surface area contributed by atoms with Crippen molar-refractivity contribution in [1.29, 1.82) is 0 Å². The fourth-order valence-corrected chi connectivity index (χ4v) is 2.01. The molecule has 0 aliphatic carbocycles. The Balaban J connectivity index is 2.18. The Hall–Kier alpha value is -1.59. The number of hydrogen-bond donors (Lipinski definition) is 1. The highest BCUT2D eigenvalue weighted by Gasteiger charge is 2.20. The van der Waals surface area contributed by atoms with Gasteiger partial charge in [0.05, 0.1) is 12.2 Å². The highest BCUT2D eigenvalue weighted by molar-refractivity contribution is 5.83. The van der Waals surface area contributed by atoms with Gasteiger partial charge in [0, 0.05) is 20.8 Å². The highest BCUT2D eigenvalue weighted by atomic mass is 16.7. The minimum Gasteiger partial charge on any atom is -0.369 e. The van der Waals surface area contributed by atoms with Crippen molar-refractivity contribution in [2.24, 2.45) is 10.7 Å². The third-order valence-electron chi connectivity index (χ3n) is 3.05. The van der Waals surface area contributed by atoms with Gasteiger partial charge >= 0.3 is 0 Å². The lowest BCUT2D eigenvalue weighted by Gasteiger charge is -2.30. The highest BCUT2D eigenvalue weighted by Crippen LogP contribution is 2.26. The van der Waals surface area contributed by atoms with E-state index in [2.05, 4.69) is 18.0 Å². The van der Waals surface area contributed by atoms with E-state index in [0.29, 0.717) is 12.5 Å². The van der Waals surface area contributed by atoms with Gasteiger partial charge in [0.25, 0.3) is 0 Å². The number of fused-ring (bicyclic) bond motifs is 1. The van der Waals surface area contributed by atoms with Gasteiger partial charge in [-0.2, -0.15) is 0 Å². The standard InChI is InChI=1S/C13H19N3O2/c1-9-4-5-11-10(6-9)7-16(13(14)15-11)8-12(17-2)18-3/h4-6,12H,7-8H2,1-3H3,(H2,14,15). The second-order valence-corrected chi connectivity index (χ2v) is 4.38. The molecule has 0 atom stereocenters. The number of ether oxygens (including phenoxy) is 2. The number of guanidine groups is 1. The Bertz CT molecular complexity index is 456. The van der Waals surface area contributed by atoms with Crippen LogP contribution in [0.1, 0.15) is 11.1 Å². The first-order valence-electron chi connectivity index (χ1n) is 5.88. The van der Waals surface area contributed by atoms with E-state index in [1.807, 2.05) is 17.0 Å². The average Bonchev–Trinajstić information content (AvgIpc) is 2.36. The molecule has 98 valence electrons. The zero-order chi connectivity index (χ0) is 13.1. The van der Waals surface area contributed by atoms with Gasteiger partial charge in [-0.15, -0.1) is 0 Å². The Morgan fingerprint density at radius 3 is 2.78 bits per heavy atom. The van der Waals surface area contributed by atoms with Gasteiger partial charge in [0.15, 0.2) is 12.2 Å². The SMILES string of the molecule is COC(CN1Cc2cc(C)ccc2N=C1N)OC. The van der Waals surface area contributed by atoms with E-state index in [1.54, 1.807) is 14.2 Å². The van der Waals surface area contributed by atoms with Crippen molar-refractivity contribution < 1.29 is 9.47 Å². The molecule has 0 spiro atoms. The zero-order valence-corrected chi connectivity index (χ0v) is 11.0. The molecule has 0 amide bonds. The van der Waals surface area contributed by atoms with Crippen LogP contribution >= 0.6 is 0 Å². The predicted octanol–water partition coefficient (Wildman–Crippen LogP) is 1.38. The molecule has 1 aliphatic heterocycles. The number of nitrogens with two attached hydrogens (primary N) is 1. The van der Waals surface area contributed by atoms with Crippen LogP contribution in [-0.4, -0.2) is 37.9 Å². The molecule has 1 aromatic carbocycles. The maximum atomic E-state index is 5.95. The number of benzene rings is 1. The van der Waals surface area contributed by atoms with Crippen molar-refractivity contribution in [2.45, 2.75) is 19.8 Å². The summed E-state index contributed by atoms with van der Waals surface area (Å²) < 4.78 is 10.4. The van der Waals surface area contributed by atoms with Gasteiger partial charge in [0.2, 0.25) is 0 Å². The lowest BCUT2D eigenvalue weighted by Crippen LogP contribution is -2.43. The number of aliphatic imine (C=N–C) groups is 1. The second-order valence-electron chi connectivity index (χ2n) is 4.38. The van der Waals surface area contributed by atoms with Crippen LogP contribution in [0.5, 0.6) is 0 Å². The summed E-state index contributed by atoms with van der Waals surface area (Å²) in [5.74, 6) is 0.505. The summed E-state index contributed by atoms with van der Waals surface area (Å²) in [6, 6.07) is 6.17. The molecule has 0 fully saturated rings. The van der Waals surface area contributed by atoms with Crippen molar-refractivity contribution in [2.75, 3.05) is 20.8 Å². The molecule has 1 aromatic rings. The second kappa shape index (κ2) is 5.37. The van der Waals surface area contributed by atoms with Gasteiger partial charge in [-0.1, -0.05) is 17.7 Å². The van der Waals surface area contributed by atoms with Crippen LogP contribution in [0.2, 0.25) is 0 Å². The third kappa shape index (κ3) is 2.63. The van der Waals surface area contributed by atoms with Crippen molar-refractivity contribution >= 4 is 11.6 Å². The Morgan fingerprint density at radius 2 is 2.11 bits per heavy atom. The topological polar surface area (TPSA) is 60.1 Å². The van der Waals surface area contributed by atoms with Gasteiger partial charge < -0.3 is 20.1 Å². The van der Waals surface area contributed by atoms with Crippen molar-refractivity contribution in [3.8, 4) is 0 Å². The lowest BCUT2D eigenvalue weighted by molar-refractivity contribution is -0.110. The van der Waals surface area contributed by atoms with Crippen molar-refractivity contribution in [3.63, 3.8) is 0 Å². The van der Waals surface area contributed by atoms with Crippen LogP contribution < -0.4 is 5.73 Å². The zero-order valence-electron chi connectivity index (χ0n) is 11.0. The van der Waals surface area contributed by atoms with E-state index in [1.165, 1.54) is 11.1 Å². The molecule has 18 heavy (non-hydrogen) atoms. The molecule has 1 aliphatic rings. The predicted molar refractivity (Wildman–Crippen MR) is 70.7 cm³/mol. The monoisotopic (exact) mass is 249 g/mol. The molecular weight excluding hydrogens is 230 g/mol. The molecule has 2 N–H and O–H groups in total. The van der Waals surface area contributed by atoms with Gasteiger partial charge in [-0.3, -0.25) is 0 Å². The van der Waals surface area contributed by atoms with E-state index >= 15 is 0 Å².